The molecule has 0 spiro atoms. The number of thioether (sulfide) groups is 1. The first-order valence-corrected chi connectivity index (χ1v) is 11.7. The fourth-order valence-corrected chi connectivity index (χ4v) is 4.65. The number of nitrogens with zero attached hydrogens (tertiary/aromatic N) is 3. The van der Waals surface area contributed by atoms with E-state index in [1.165, 1.54) is 11.8 Å². The van der Waals surface area contributed by atoms with Gasteiger partial charge in [0.2, 0.25) is 5.91 Å². The van der Waals surface area contributed by atoms with E-state index in [-0.39, 0.29) is 11.2 Å². The van der Waals surface area contributed by atoms with Gasteiger partial charge in [-0.1, -0.05) is 37.7 Å². The van der Waals surface area contributed by atoms with Crippen molar-refractivity contribution < 1.29 is 9.53 Å². The summed E-state index contributed by atoms with van der Waals surface area (Å²) in [6.45, 7) is 10.5. The molecule has 1 aliphatic heterocycles. The molecule has 3 aromatic rings. The van der Waals surface area contributed by atoms with Gasteiger partial charge < -0.3 is 19.5 Å². The summed E-state index contributed by atoms with van der Waals surface area (Å²) >= 11 is 1.51. The van der Waals surface area contributed by atoms with Gasteiger partial charge in [-0.05, 0) is 49.2 Å². The number of nitrogens with one attached hydrogen (secondary N) is 1. The number of carbonyl (C=O) groups excluding carboxylic acids is 1. The van der Waals surface area contributed by atoms with Crippen molar-refractivity contribution >= 4 is 40.1 Å². The highest BCUT2D eigenvalue weighted by Crippen LogP contribution is 2.29. The lowest BCUT2D eigenvalue weighted by molar-refractivity contribution is -0.115. The normalized spacial score (nSPS) is 15.4. The molecule has 2 heterocycles. The number of anilines is 2. The minimum Gasteiger partial charge on any atom is -0.378 e. The Bertz CT molecular complexity index is 1030. The van der Waals surface area contributed by atoms with Crippen molar-refractivity contribution in [3.05, 3.63) is 48.5 Å². The molecule has 1 N–H and O–H groups in total. The van der Waals surface area contributed by atoms with Crippen molar-refractivity contribution in [2.24, 2.45) is 5.92 Å². The molecular formula is C24H30N4O2S. The van der Waals surface area contributed by atoms with Gasteiger partial charge in [0.25, 0.3) is 0 Å². The van der Waals surface area contributed by atoms with Crippen LogP contribution >= 0.6 is 11.8 Å². The first kappa shape index (κ1) is 21.7. The average molecular weight is 439 g/mol. The average Bonchev–Trinajstić information content (AvgIpc) is 3.11. The Hall–Kier alpha value is -2.51. The van der Waals surface area contributed by atoms with Crippen LogP contribution in [0.25, 0.3) is 11.0 Å². The number of ether oxygens (including phenoxy) is 1. The third-order valence-corrected chi connectivity index (χ3v) is 6.42. The predicted molar refractivity (Wildman–Crippen MR) is 128 cm³/mol. The van der Waals surface area contributed by atoms with Crippen LogP contribution in [0.3, 0.4) is 0 Å². The molecule has 0 bridgehead atoms. The molecule has 31 heavy (non-hydrogen) atoms. The van der Waals surface area contributed by atoms with Gasteiger partial charge in [0.05, 0.1) is 29.5 Å². The maximum absolute atomic E-state index is 12.9. The first-order chi connectivity index (χ1) is 15.0. The van der Waals surface area contributed by atoms with E-state index >= 15 is 0 Å². The Morgan fingerprint density at radius 2 is 1.81 bits per heavy atom. The number of para-hydroxylation sites is 2. The van der Waals surface area contributed by atoms with Gasteiger partial charge in [-0.15, -0.1) is 0 Å². The number of aromatic nitrogens is 2. The molecule has 1 atom stereocenters. The Labute approximate surface area is 188 Å². The lowest BCUT2D eigenvalue weighted by Crippen LogP contribution is -2.36. The second kappa shape index (κ2) is 9.75. The van der Waals surface area contributed by atoms with Crippen molar-refractivity contribution in [2.45, 2.75) is 37.7 Å². The molecule has 0 aliphatic carbocycles. The van der Waals surface area contributed by atoms with E-state index in [1.54, 1.807) is 0 Å². The number of hydrogen-bond acceptors (Lipinski definition) is 5. The highest BCUT2D eigenvalue weighted by molar-refractivity contribution is 8.00. The molecule has 1 aromatic heterocycles. The van der Waals surface area contributed by atoms with Crippen LogP contribution in [0.15, 0.2) is 53.7 Å². The first-order valence-electron chi connectivity index (χ1n) is 10.9. The fourth-order valence-electron chi connectivity index (χ4n) is 3.72. The molecule has 7 heteroatoms. The summed E-state index contributed by atoms with van der Waals surface area (Å²) in [6.07, 6.45) is 0. The largest absolute Gasteiger partial charge is 0.378 e. The van der Waals surface area contributed by atoms with Crippen LogP contribution in [0.4, 0.5) is 11.4 Å². The van der Waals surface area contributed by atoms with Gasteiger partial charge in [-0.2, -0.15) is 0 Å². The number of rotatable bonds is 7. The minimum atomic E-state index is -0.262. The highest BCUT2D eigenvalue weighted by Gasteiger charge is 2.20. The summed E-state index contributed by atoms with van der Waals surface area (Å²) in [5.74, 6) is 0.471. The SMILES string of the molecule is CC(C)Cn1c(S[C@H](C)C(=O)Nc2ccc(N3CCOCC3)cc2)nc2ccccc21. The van der Waals surface area contributed by atoms with Gasteiger partial charge in [-0.25, -0.2) is 4.98 Å². The zero-order chi connectivity index (χ0) is 21.8. The van der Waals surface area contributed by atoms with Crippen molar-refractivity contribution in [2.75, 3.05) is 36.5 Å². The zero-order valence-corrected chi connectivity index (χ0v) is 19.2. The highest BCUT2D eigenvalue weighted by atomic mass is 32.2. The minimum absolute atomic E-state index is 0.0210. The molecule has 1 amide bonds. The summed E-state index contributed by atoms with van der Waals surface area (Å²) in [6, 6.07) is 16.2. The number of morpholine rings is 1. The maximum Gasteiger partial charge on any atom is 0.237 e. The Balaban J connectivity index is 1.43. The van der Waals surface area contributed by atoms with Gasteiger partial charge >= 0.3 is 0 Å². The molecule has 1 saturated heterocycles. The summed E-state index contributed by atoms with van der Waals surface area (Å²) in [7, 11) is 0. The zero-order valence-electron chi connectivity index (χ0n) is 18.4. The van der Waals surface area contributed by atoms with Crippen LogP contribution < -0.4 is 10.2 Å². The summed E-state index contributed by atoms with van der Waals surface area (Å²) in [4.78, 5) is 19.9. The van der Waals surface area contributed by atoms with Crippen molar-refractivity contribution in [1.29, 1.82) is 0 Å². The van der Waals surface area contributed by atoms with Crippen molar-refractivity contribution in [3.8, 4) is 0 Å². The topological polar surface area (TPSA) is 59.4 Å². The second-order valence-electron chi connectivity index (χ2n) is 8.28. The predicted octanol–water partition coefficient (Wildman–Crippen LogP) is 4.65. The van der Waals surface area contributed by atoms with Crippen LogP contribution in [0.1, 0.15) is 20.8 Å². The third kappa shape index (κ3) is 5.22. The standard InChI is InChI=1S/C24H30N4O2S/c1-17(2)16-28-22-7-5-4-6-21(22)26-24(28)31-18(3)23(29)25-19-8-10-20(11-9-19)27-12-14-30-15-13-27/h4-11,17-18H,12-16H2,1-3H3,(H,25,29)/t18-/m1/s1. The van der Waals surface area contributed by atoms with E-state index in [4.69, 9.17) is 9.72 Å². The number of hydrogen-bond donors (Lipinski definition) is 1. The lowest BCUT2D eigenvalue weighted by atomic mass is 10.2. The van der Waals surface area contributed by atoms with Gasteiger partial charge in [0, 0.05) is 31.0 Å². The molecular weight excluding hydrogens is 408 g/mol. The number of amides is 1. The van der Waals surface area contributed by atoms with E-state index in [9.17, 15) is 4.79 Å². The van der Waals surface area contributed by atoms with Crippen LogP contribution in [-0.4, -0.2) is 47.0 Å². The van der Waals surface area contributed by atoms with Gasteiger partial charge in [-0.3, -0.25) is 4.79 Å². The van der Waals surface area contributed by atoms with Crippen LogP contribution in [0.5, 0.6) is 0 Å². The molecule has 1 aliphatic rings. The van der Waals surface area contributed by atoms with Crippen LogP contribution in [0, 0.1) is 5.92 Å². The summed E-state index contributed by atoms with van der Waals surface area (Å²) in [5.41, 5.74) is 4.05. The lowest BCUT2D eigenvalue weighted by Gasteiger charge is -2.28. The van der Waals surface area contributed by atoms with Crippen LogP contribution in [0.2, 0.25) is 0 Å². The van der Waals surface area contributed by atoms with E-state index in [0.717, 1.165) is 60.4 Å². The number of carbonyl (C=O) groups is 1. The smallest absolute Gasteiger partial charge is 0.237 e. The number of benzene rings is 2. The van der Waals surface area contributed by atoms with E-state index in [2.05, 4.69) is 46.8 Å². The number of fused-ring (bicyclic) bond motifs is 1. The maximum atomic E-state index is 12.9. The number of imidazole rings is 1. The second-order valence-corrected chi connectivity index (χ2v) is 9.59. The van der Waals surface area contributed by atoms with Gasteiger partial charge in [0.15, 0.2) is 5.16 Å². The molecule has 0 unspecified atom stereocenters. The van der Waals surface area contributed by atoms with Crippen LogP contribution in [-0.2, 0) is 16.1 Å². The molecule has 1 fully saturated rings. The van der Waals surface area contributed by atoms with Crippen molar-refractivity contribution in [3.63, 3.8) is 0 Å². The van der Waals surface area contributed by atoms with E-state index in [1.807, 2.05) is 37.3 Å². The molecule has 6 nitrogen and oxygen atoms in total. The molecule has 0 saturated carbocycles. The third-order valence-electron chi connectivity index (χ3n) is 5.33. The van der Waals surface area contributed by atoms with E-state index in [0.29, 0.717) is 5.92 Å². The van der Waals surface area contributed by atoms with E-state index < -0.39 is 0 Å². The Morgan fingerprint density at radius 3 is 2.52 bits per heavy atom. The quantitative estimate of drug-likeness (QED) is 0.544. The molecule has 2 aromatic carbocycles. The fraction of sp³-hybridized carbons (Fsp3) is 0.417. The molecule has 164 valence electrons. The van der Waals surface area contributed by atoms with Gasteiger partial charge in [0.1, 0.15) is 0 Å². The molecule has 4 rings (SSSR count). The monoisotopic (exact) mass is 438 g/mol. The summed E-state index contributed by atoms with van der Waals surface area (Å²) < 4.78 is 7.64. The Morgan fingerprint density at radius 1 is 1.10 bits per heavy atom. The summed E-state index contributed by atoms with van der Waals surface area (Å²) in [5, 5.41) is 3.67. The Kier molecular flexibility index (Phi) is 6.83. The molecule has 0 radical (unpaired) electrons. The van der Waals surface area contributed by atoms with Crippen molar-refractivity contribution in [1.82, 2.24) is 9.55 Å².